The van der Waals surface area contributed by atoms with Crippen LogP contribution in [0.3, 0.4) is 0 Å². The molecule has 1 heterocycles. The Morgan fingerprint density at radius 1 is 1.45 bits per heavy atom. The van der Waals surface area contributed by atoms with E-state index in [1.165, 1.54) is 21.1 Å². The van der Waals surface area contributed by atoms with Gasteiger partial charge in [0.05, 0.1) is 18.8 Å². The summed E-state index contributed by atoms with van der Waals surface area (Å²) in [5, 5.41) is 9.68. The van der Waals surface area contributed by atoms with E-state index in [2.05, 4.69) is 4.74 Å². The minimum absolute atomic E-state index is 0.0300. The molecule has 0 bridgehead atoms. The number of aliphatic hydroxyl groups excluding tert-OH is 1. The summed E-state index contributed by atoms with van der Waals surface area (Å²) in [6.45, 7) is 1.51. The van der Waals surface area contributed by atoms with Gasteiger partial charge in [-0.3, -0.25) is 4.79 Å². The molecule has 0 fully saturated rings. The normalized spacial score (nSPS) is 21.1. The second-order valence-electron chi connectivity index (χ2n) is 3.98. The fourth-order valence-corrected chi connectivity index (χ4v) is 1.67. The number of hydrogen-bond donors (Lipinski definition) is 1. The monoisotopic (exact) mass is 290 g/mol. The summed E-state index contributed by atoms with van der Waals surface area (Å²) in [5.74, 6) is -3.13. The molecular weight excluding hydrogens is 272 g/mol. The molecule has 2 unspecified atom stereocenters. The van der Waals surface area contributed by atoms with Crippen molar-refractivity contribution in [1.29, 1.82) is 0 Å². The lowest BCUT2D eigenvalue weighted by molar-refractivity contribution is -0.231. The number of ether oxygens (including phenoxy) is 5. The highest BCUT2D eigenvalue weighted by Crippen LogP contribution is 2.30. The highest BCUT2D eigenvalue weighted by Gasteiger charge is 2.46. The molecule has 2 atom stereocenters. The maximum absolute atomic E-state index is 11.2. The fourth-order valence-electron chi connectivity index (χ4n) is 1.67. The Balaban J connectivity index is 2.90. The zero-order chi connectivity index (χ0) is 15.2. The van der Waals surface area contributed by atoms with Gasteiger partial charge in [0.1, 0.15) is 6.61 Å². The molecule has 20 heavy (non-hydrogen) atoms. The first-order valence-electron chi connectivity index (χ1n) is 5.87. The Kier molecular flexibility index (Phi) is 6.08. The van der Waals surface area contributed by atoms with Crippen LogP contribution in [0.15, 0.2) is 11.6 Å². The molecule has 0 radical (unpaired) electrons. The van der Waals surface area contributed by atoms with Crippen LogP contribution in [0.25, 0.3) is 0 Å². The first kappa shape index (κ1) is 16.6. The van der Waals surface area contributed by atoms with E-state index in [-0.39, 0.29) is 18.8 Å². The molecule has 0 aromatic rings. The van der Waals surface area contributed by atoms with Gasteiger partial charge in [0, 0.05) is 27.2 Å². The summed E-state index contributed by atoms with van der Waals surface area (Å²) in [7, 11) is 2.77. The molecule has 1 rings (SSSR count). The number of carbonyl (C=O) groups excluding carboxylic acids is 2. The summed E-state index contributed by atoms with van der Waals surface area (Å²) in [6.07, 6.45) is -0.538. The van der Waals surface area contributed by atoms with Gasteiger partial charge >= 0.3 is 11.9 Å². The summed E-state index contributed by atoms with van der Waals surface area (Å²) in [6, 6.07) is 0. The second kappa shape index (κ2) is 7.34. The summed E-state index contributed by atoms with van der Waals surface area (Å²) in [4.78, 5) is 22.4. The van der Waals surface area contributed by atoms with Gasteiger partial charge in [0.2, 0.25) is 6.29 Å². The second-order valence-corrected chi connectivity index (χ2v) is 3.98. The van der Waals surface area contributed by atoms with Crippen LogP contribution in [0.2, 0.25) is 0 Å². The van der Waals surface area contributed by atoms with Crippen molar-refractivity contribution in [1.82, 2.24) is 0 Å². The molecule has 1 N–H and O–H groups in total. The van der Waals surface area contributed by atoms with Crippen molar-refractivity contribution in [3.8, 4) is 0 Å². The Hall–Kier alpha value is -1.48. The van der Waals surface area contributed by atoms with Gasteiger partial charge in [-0.15, -0.1) is 0 Å². The zero-order valence-corrected chi connectivity index (χ0v) is 11.6. The maximum Gasteiger partial charge on any atom is 0.333 e. The van der Waals surface area contributed by atoms with Crippen LogP contribution >= 0.6 is 0 Å². The van der Waals surface area contributed by atoms with Crippen molar-refractivity contribution in [2.24, 2.45) is 0 Å². The van der Waals surface area contributed by atoms with Crippen LogP contribution in [0.4, 0.5) is 0 Å². The number of rotatable bonds is 8. The molecule has 0 spiro atoms. The number of esters is 2. The van der Waals surface area contributed by atoms with Gasteiger partial charge in [0.25, 0.3) is 5.79 Å². The van der Waals surface area contributed by atoms with Gasteiger partial charge in [0.15, 0.2) is 0 Å². The molecule has 1 aliphatic rings. The highest BCUT2D eigenvalue weighted by atomic mass is 16.7. The third kappa shape index (κ3) is 4.01. The molecule has 8 nitrogen and oxygen atoms in total. The lowest BCUT2D eigenvalue weighted by Gasteiger charge is -2.32. The van der Waals surface area contributed by atoms with E-state index < -0.39 is 24.0 Å². The van der Waals surface area contributed by atoms with Crippen LogP contribution < -0.4 is 0 Å². The predicted octanol–water partition coefficient (Wildman–Crippen LogP) is -0.643. The molecule has 0 aromatic carbocycles. The van der Waals surface area contributed by atoms with E-state index in [1.807, 2.05) is 0 Å². The first-order valence-corrected chi connectivity index (χ1v) is 5.87. The molecule has 0 aliphatic carbocycles. The number of carbonyl (C=O) groups is 2. The van der Waals surface area contributed by atoms with E-state index >= 15 is 0 Å². The van der Waals surface area contributed by atoms with Crippen LogP contribution in [0, 0.1) is 0 Å². The largest absolute Gasteiger partial charge is 0.428 e. The van der Waals surface area contributed by atoms with Crippen molar-refractivity contribution < 1.29 is 38.4 Å². The minimum atomic E-state index is -1.72. The standard InChI is InChI=1S/C12H18O8/c1-8(13)20-12(17-3,7-18-5-4-16-2)9-6-10(14)19-11(9)15/h6,11,15H,4-5,7H2,1-3H3. The Morgan fingerprint density at radius 3 is 2.60 bits per heavy atom. The molecule has 0 saturated carbocycles. The first-order chi connectivity index (χ1) is 9.45. The number of hydrogen-bond acceptors (Lipinski definition) is 8. The van der Waals surface area contributed by atoms with Crippen molar-refractivity contribution in [3.05, 3.63) is 11.6 Å². The number of aliphatic hydroxyl groups is 1. The predicted molar refractivity (Wildman–Crippen MR) is 64.4 cm³/mol. The van der Waals surface area contributed by atoms with E-state index in [0.29, 0.717) is 6.61 Å². The van der Waals surface area contributed by atoms with Gasteiger partial charge in [-0.2, -0.15) is 0 Å². The van der Waals surface area contributed by atoms with Crippen molar-refractivity contribution in [3.63, 3.8) is 0 Å². The van der Waals surface area contributed by atoms with Crippen LogP contribution in [-0.2, 0) is 33.3 Å². The van der Waals surface area contributed by atoms with Gasteiger partial charge in [-0.05, 0) is 0 Å². The zero-order valence-electron chi connectivity index (χ0n) is 11.6. The maximum atomic E-state index is 11.2. The molecule has 0 saturated heterocycles. The van der Waals surface area contributed by atoms with E-state index in [0.717, 1.165) is 6.08 Å². The Bertz CT molecular complexity index is 391. The average molecular weight is 290 g/mol. The molecular formula is C12H18O8. The third-order valence-corrected chi connectivity index (χ3v) is 2.57. The van der Waals surface area contributed by atoms with Gasteiger partial charge in [-0.25, -0.2) is 4.79 Å². The number of methoxy groups -OCH3 is 2. The van der Waals surface area contributed by atoms with E-state index in [1.54, 1.807) is 0 Å². The highest BCUT2D eigenvalue weighted by molar-refractivity contribution is 5.86. The Labute approximate surface area is 116 Å². The van der Waals surface area contributed by atoms with Gasteiger partial charge < -0.3 is 28.8 Å². The summed E-state index contributed by atoms with van der Waals surface area (Å²) < 4.78 is 24.9. The summed E-state index contributed by atoms with van der Waals surface area (Å²) >= 11 is 0. The van der Waals surface area contributed by atoms with Crippen molar-refractivity contribution >= 4 is 11.9 Å². The molecule has 114 valence electrons. The van der Waals surface area contributed by atoms with Gasteiger partial charge in [-0.1, -0.05) is 0 Å². The Morgan fingerprint density at radius 2 is 2.15 bits per heavy atom. The third-order valence-electron chi connectivity index (χ3n) is 2.57. The SMILES string of the molecule is COCCOCC(OC)(OC(C)=O)C1=CC(=O)OC1O. The lowest BCUT2D eigenvalue weighted by Crippen LogP contribution is -2.46. The van der Waals surface area contributed by atoms with E-state index in [9.17, 15) is 14.7 Å². The fraction of sp³-hybridized carbons (Fsp3) is 0.667. The van der Waals surface area contributed by atoms with Crippen LogP contribution in [0.1, 0.15) is 6.92 Å². The lowest BCUT2D eigenvalue weighted by atomic mass is 10.1. The quantitative estimate of drug-likeness (QED) is 0.358. The van der Waals surface area contributed by atoms with E-state index in [4.69, 9.17) is 18.9 Å². The van der Waals surface area contributed by atoms with Crippen molar-refractivity contribution in [2.45, 2.75) is 19.0 Å². The summed E-state index contributed by atoms with van der Waals surface area (Å²) in [5.41, 5.74) is -0.0300. The van der Waals surface area contributed by atoms with Crippen molar-refractivity contribution in [2.75, 3.05) is 34.0 Å². The topological polar surface area (TPSA) is 101 Å². The molecule has 8 heteroatoms. The average Bonchev–Trinajstić information content (AvgIpc) is 2.72. The smallest absolute Gasteiger partial charge is 0.333 e. The molecule has 0 aromatic heterocycles. The van der Waals surface area contributed by atoms with Crippen LogP contribution in [-0.4, -0.2) is 63.2 Å². The number of cyclic esters (lactones) is 1. The van der Waals surface area contributed by atoms with Crippen LogP contribution in [0.5, 0.6) is 0 Å². The molecule has 1 aliphatic heterocycles. The molecule has 0 amide bonds. The minimum Gasteiger partial charge on any atom is -0.428 e.